The second-order valence-electron chi connectivity index (χ2n) is 7.11. The summed E-state index contributed by atoms with van der Waals surface area (Å²) in [5.74, 6) is 0.974. The Hall–Kier alpha value is -3.00. The van der Waals surface area contributed by atoms with Crippen LogP contribution in [0.5, 0.6) is 11.5 Å². The minimum Gasteiger partial charge on any atom is -0.497 e. The average Bonchev–Trinajstić information content (AvgIpc) is 2.97. The normalized spacial score (nSPS) is 15.3. The molecule has 3 rings (SSSR count). The maximum atomic E-state index is 13.1. The Labute approximate surface area is 183 Å². The standard InChI is InChI=1S/C23H28N2O5S/c1-3-4-16-25-23(26)21(22(31(25,27)28)18-9-6-5-7-10-18)24-15-8-17-30-20-13-11-19(29-2)12-14-20/h5-7,9-14,24H,3-4,8,15-17H2,1-2H3. The molecule has 1 N–H and O–H groups in total. The van der Waals surface area contributed by atoms with Crippen LogP contribution in [0.4, 0.5) is 0 Å². The molecule has 166 valence electrons. The highest BCUT2D eigenvalue weighted by Gasteiger charge is 2.43. The van der Waals surface area contributed by atoms with Crippen LogP contribution in [-0.2, 0) is 14.8 Å². The second-order valence-corrected chi connectivity index (χ2v) is 8.91. The van der Waals surface area contributed by atoms with Crippen LogP contribution in [0.3, 0.4) is 0 Å². The van der Waals surface area contributed by atoms with Crippen molar-refractivity contribution in [1.29, 1.82) is 0 Å². The van der Waals surface area contributed by atoms with E-state index in [1.54, 1.807) is 31.4 Å². The molecule has 7 nitrogen and oxygen atoms in total. The molecule has 0 saturated heterocycles. The van der Waals surface area contributed by atoms with Crippen LogP contribution < -0.4 is 14.8 Å². The van der Waals surface area contributed by atoms with E-state index in [0.717, 1.165) is 22.2 Å². The molecule has 2 aromatic rings. The van der Waals surface area contributed by atoms with Gasteiger partial charge in [-0.25, -0.2) is 12.7 Å². The number of sulfonamides is 1. The fourth-order valence-corrected chi connectivity index (χ4v) is 5.03. The van der Waals surface area contributed by atoms with Gasteiger partial charge in [-0.2, -0.15) is 0 Å². The number of unbranched alkanes of at least 4 members (excludes halogenated alkanes) is 1. The van der Waals surface area contributed by atoms with Gasteiger partial charge in [0.05, 0.1) is 13.7 Å². The Morgan fingerprint density at radius 1 is 0.968 bits per heavy atom. The first-order valence-corrected chi connectivity index (χ1v) is 11.8. The highest BCUT2D eigenvalue weighted by atomic mass is 32.2. The number of benzene rings is 2. The number of amides is 1. The number of hydrogen-bond acceptors (Lipinski definition) is 6. The van der Waals surface area contributed by atoms with E-state index >= 15 is 0 Å². The highest BCUT2D eigenvalue weighted by Crippen LogP contribution is 2.34. The molecule has 2 aromatic carbocycles. The second kappa shape index (κ2) is 10.3. The SMILES string of the molecule is CCCCN1C(=O)C(NCCCOc2ccc(OC)cc2)=C(c2ccccc2)S1(=O)=O. The van der Waals surface area contributed by atoms with Crippen LogP contribution in [0.1, 0.15) is 31.7 Å². The average molecular weight is 445 g/mol. The lowest BCUT2D eigenvalue weighted by Crippen LogP contribution is -2.34. The van der Waals surface area contributed by atoms with Crippen molar-refractivity contribution in [1.82, 2.24) is 9.62 Å². The number of ether oxygens (including phenoxy) is 2. The third-order valence-corrected chi connectivity index (χ3v) is 6.80. The number of methoxy groups -OCH3 is 1. The van der Waals surface area contributed by atoms with Crippen molar-refractivity contribution >= 4 is 20.8 Å². The van der Waals surface area contributed by atoms with E-state index in [9.17, 15) is 13.2 Å². The quantitative estimate of drug-likeness (QED) is 0.535. The van der Waals surface area contributed by atoms with Crippen molar-refractivity contribution in [2.24, 2.45) is 0 Å². The van der Waals surface area contributed by atoms with E-state index < -0.39 is 15.9 Å². The first-order valence-electron chi connectivity index (χ1n) is 10.4. The zero-order chi connectivity index (χ0) is 22.3. The molecule has 1 heterocycles. The van der Waals surface area contributed by atoms with E-state index in [0.29, 0.717) is 31.6 Å². The highest BCUT2D eigenvalue weighted by molar-refractivity contribution is 7.99. The van der Waals surface area contributed by atoms with Crippen molar-refractivity contribution < 1.29 is 22.7 Å². The summed E-state index contributed by atoms with van der Waals surface area (Å²) in [7, 11) is -2.28. The van der Waals surface area contributed by atoms with Gasteiger partial charge in [0.1, 0.15) is 22.1 Å². The Kier molecular flexibility index (Phi) is 7.57. The van der Waals surface area contributed by atoms with Gasteiger partial charge in [-0.3, -0.25) is 4.79 Å². The third-order valence-electron chi connectivity index (χ3n) is 4.92. The minimum absolute atomic E-state index is 0.0466. The van der Waals surface area contributed by atoms with E-state index in [4.69, 9.17) is 9.47 Å². The number of nitrogens with zero attached hydrogens (tertiary/aromatic N) is 1. The van der Waals surface area contributed by atoms with Gasteiger partial charge in [-0.05, 0) is 42.7 Å². The maximum absolute atomic E-state index is 13.1. The van der Waals surface area contributed by atoms with Crippen LogP contribution in [0.2, 0.25) is 0 Å². The Bertz CT molecular complexity index is 1020. The molecule has 0 unspecified atom stereocenters. The number of nitrogens with one attached hydrogen (secondary N) is 1. The fourth-order valence-electron chi connectivity index (χ4n) is 3.28. The molecule has 0 atom stereocenters. The smallest absolute Gasteiger partial charge is 0.285 e. The van der Waals surface area contributed by atoms with Crippen molar-refractivity contribution in [3.05, 3.63) is 65.9 Å². The largest absolute Gasteiger partial charge is 0.497 e. The lowest BCUT2D eigenvalue weighted by Gasteiger charge is -2.16. The van der Waals surface area contributed by atoms with Gasteiger partial charge >= 0.3 is 0 Å². The third kappa shape index (κ3) is 5.19. The molecule has 0 aliphatic carbocycles. The number of rotatable bonds is 11. The summed E-state index contributed by atoms with van der Waals surface area (Å²) in [5, 5.41) is 3.06. The maximum Gasteiger partial charge on any atom is 0.285 e. The van der Waals surface area contributed by atoms with E-state index in [1.165, 1.54) is 0 Å². The summed E-state index contributed by atoms with van der Waals surface area (Å²) >= 11 is 0. The molecular formula is C23H28N2O5S. The van der Waals surface area contributed by atoms with E-state index in [1.807, 2.05) is 37.3 Å². The summed E-state index contributed by atoms with van der Waals surface area (Å²) in [5.41, 5.74) is 0.638. The summed E-state index contributed by atoms with van der Waals surface area (Å²) in [4.78, 5) is 13.0. The van der Waals surface area contributed by atoms with Gasteiger partial charge in [0.2, 0.25) is 0 Å². The number of carbonyl (C=O) groups is 1. The van der Waals surface area contributed by atoms with Gasteiger partial charge in [-0.1, -0.05) is 43.7 Å². The van der Waals surface area contributed by atoms with Gasteiger partial charge in [0, 0.05) is 13.1 Å². The first kappa shape index (κ1) is 22.7. The molecule has 1 aliphatic heterocycles. The summed E-state index contributed by atoms with van der Waals surface area (Å²) in [6.07, 6.45) is 2.02. The molecule has 31 heavy (non-hydrogen) atoms. The van der Waals surface area contributed by atoms with Crippen LogP contribution in [-0.4, -0.2) is 45.4 Å². The molecule has 1 amide bonds. The Morgan fingerprint density at radius 3 is 2.29 bits per heavy atom. The number of carbonyl (C=O) groups excluding carboxylic acids is 1. The molecule has 1 aliphatic rings. The predicted octanol–water partition coefficient (Wildman–Crippen LogP) is 3.39. The lowest BCUT2D eigenvalue weighted by molar-refractivity contribution is -0.122. The van der Waals surface area contributed by atoms with Crippen molar-refractivity contribution in [3.63, 3.8) is 0 Å². The Balaban J connectivity index is 1.69. The summed E-state index contributed by atoms with van der Waals surface area (Å²) in [6, 6.07) is 16.0. The molecule has 8 heteroatoms. The van der Waals surface area contributed by atoms with E-state index in [2.05, 4.69) is 5.32 Å². The molecular weight excluding hydrogens is 416 g/mol. The van der Waals surface area contributed by atoms with Gasteiger partial charge in [0.15, 0.2) is 0 Å². The molecule has 0 bridgehead atoms. The molecule has 0 spiro atoms. The van der Waals surface area contributed by atoms with Gasteiger partial charge in [-0.15, -0.1) is 0 Å². The number of hydrogen-bond donors (Lipinski definition) is 1. The van der Waals surface area contributed by atoms with Crippen LogP contribution in [0, 0.1) is 0 Å². The van der Waals surface area contributed by atoms with Crippen LogP contribution in [0.25, 0.3) is 4.91 Å². The first-order chi connectivity index (χ1) is 15.0. The Morgan fingerprint density at radius 2 is 1.65 bits per heavy atom. The summed E-state index contributed by atoms with van der Waals surface area (Å²) in [6.45, 7) is 2.97. The van der Waals surface area contributed by atoms with Crippen molar-refractivity contribution in [2.75, 3.05) is 26.8 Å². The minimum atomic E-state index is -3.89. The lowest BCUT2D eigenvalue weighted by atomic mass is 10.2. The topological polar surface area (TPSA) is 84.9 Å². The molecule has 0 aromatic heterocycles. The van der Waals surface area contributed by atoms with Crippen LogP contribution >= 0.6 is 0 Å². The van der Waals surface area contributed by atoms with E-state index in [-0.39, 0.29) is 17.1 Å². The summed E-state index contributed by atoms with van der Waals surface area (Å²) < 4.78 is 38.0. The zero-order valence-electron chi connectivity index (χ0n) is 17.8. The van der Waals surface area contributed by atoms with Gasteiger partial charge < -0.3 is 14.8 Å². The van der Waals surface area contributed by atoms with Crippen LogP contribution in [0.15, 0.2) is 60.3 Å². The molecule has 0 fully saturated rings. The van der Waals surface area contributed by atoms with Crippen molar-refractivity contribution in [2.45, 2.75) is 26.2 Å². The fraction of sp³-hybridized carbons (Fsp3) is 0.348. The van der Waals surface area contributed by atoms with Gasteiger partial charge in [0.25, 0.3) is 15.9 Å². The van der Waals surface area contributed by atoms with Crippen molar-refractivity contribution in [3.8, 4) is 11.5 Å². The monoisotopic (exact) mass is 444 g/mol. The predicted molar refractivity (Wildman–Crippen MR) is 120 cm³/mol. The molecule has 0 saturated carbocycles. The molecule has 0 radical (unpaired) electrons. The zero-order valence-corrected chi connectivity index (χ0v) is 18.7.